The van der Waals surface area contributed by atoms with E-state index in [1.54, 1.807) is 0 Å². The van der Waals surface area contributed by atoms with Crippen LogP contribution in [0.4, 0.5) is 0 Å². The summed E-state index contributed by atoms with van der Waals surface area (Å²) in [5.74, 6) is 0.915. The van der Waals surface area contributed by atoms with Crippen LogP contribution in [0, 0.1) is 0 Å². The second-order valence-electron chi connectivity index (χ2n) is 6.24. The summed E-state index contributed by atoms with van der Waals surface area (Å²) in [5.41, 5.74) is 2.79. The first-order valence-electron chi connectivity index (χ1n) is 8.26. The van der Waals surface area contributed by atoms with Gasteiger partial charge in [-0.3, -0.25) is 4.98 Å². The van der Waals surface area contributed by atoms with Gasteiger partial charge in [0.2, 0.25) is 0 Å². The molecular formula is C18H21N5. The molecule has 3 aromatic heterocycles. The van der Waals surface area contributed by atoms with Crippen molar-refractivity contribution in [1.82, 2.24) is 24.4 Å². The van der Waals surface area contributed by atoms with Crippen LogP contribution < -0.4 is 0 Å². The highest BCUT2D eigenvalue weighted by atomic mass is 15.2. The molecular weight excluding hydrogens is 286 g/mol. The SMILES string of the molecule is CN1CCCCC1Cn1c(-c2ccccn2)nc2cccnc21. The molecule has 4 heterocycles. The van der Waals surface area contributed by atoms with E-state index in [1.165, 1.54) is 25.8 Å². The summed E-state index contributed by atoms with van der Waals surface area (Å²) < 4.78 is 2.24. The summed E-state index contributed by atoms with van der Waals surface area (Å²) in [7, 11) is 2.22. The van der Waals surface area contributed by atoms with Gasteiger partial charge in [0.1, 0.15) is 11.2 Å². The first kappa shape index (κ1) is 14.3. The monoisotopic (exact) mass is 307 g/mol. The molecule has 0 spiro atoms. The molecule has 5 heteroatoms. The highest BCUT2D eigenvalue weighted by molar-refractivity contribution is 5.76. The lowest BCUT2D eigenvalue weighted by Gasteiger charge is -2.33. The Morgan fingerprint density at radius 1 is 1.09 bits per heavy atom. The Bertz CT molecular complexity index is 796. The summed E-state index contributed by atoms with van der Waals surface area (Å²) >= 11 is 0. The van der Waals surface area contributed by atoms with E-state index in [0.717, 1.165) is 29.2 Å². The van der Waals surface area contributed by atoms with Crippen LogP contribution in [0.3, 0.4) is 0 Å². The van der Waals surface area contributed by atoms with Crippen LogP contribution in [0.1, 0.15) is 19.3 Å². The van der Waals surface area contributed by atoms with Gasteiger partial charge >= 0.3 is 0 Å². The van der Waals surface area contributed by atoms with Crippen LogP contribution >= 0.6 is 0 Å². The molecule has 0 amide bonds. The van der Waals surface area contributed by atoms with Crippen molar-refractivity contribution in [3.8, 4) is 11.5 Å². The number of likely N-dealkylation sites (N-methyl/N-ethyl adjacent to an activating group) is 1. The van der Waals surface area contributed by atoms with Crippen molar-refractivity contribution < 1.29 is 0 Å². The smallest absolute Gasteiger partial charge is 0.161 e. The third-order valence-corrected chi connectivity index (χ3v) is 4.71. The summed E-state index contributed by atoms with van der Waals surface area (Å²) in [6.45, 7) is 2.08. The van der Waals surface area contributed by atoms with Crippen molar-refractivity contribution in [2.75, 3.05) is 13.6 Å². The van der Waals surface area contributed by atoms with E-state index in [2.05, 4.69) is 26.5 Å². The summed E-state index contributed by atoms with van der Waals surface area (Å²) in [4.78, 5) is 16.3. The standard InChI is InChI=1S/C18H21N5/c1-22-12-5-3-7-14(22)13-23-17-16(9-6-11-20-17)21-18(23)15-8-2-4-10-19-15/h2,4,6,8-11,14H,3,5,7,12-13H2,1H3. The number of hydrogen-bond acceptors (Lipinski definition) is 4. The number of likely N-dealkylation sites (tertiary alicyclic amines) is 1. The number of hydrogen-bond donors (Lipinski definition) is 0. The Morgan fingerprint density at radius 3 is 2.83 bits per heavy atom. The minimum atomic E-state index is 0.533. The largest absolute Gasteiger partial charge is 0.306 e. The number of imidazole rings is 1. The van der Waals surface area contributed by atoms with Crippen molar-refractivity contribution in [2.45, 2.75) is 31.8 Å². The number of piperidine rings is 1. The van der Waals surface area contributed by atoms with Crippen molar-refractivity contribution in [3.05, 3.63) is 42.7 Å². The molecule has 118 valence electrons. The molecule has 1 aliphatic heterocycles. The van der Waals surface area contributed by atoms with Gasteiger partial charge < -0.3 is 9.47 Å². The molecule has 0 aliphatic carbocycles. The first-order chi connectivity index (χ1) is 11.3. The molecule has 1 aliphatic rings. The minimum absolute atomic E-state index is 0.533. The third kappa shape index (κ3) is 2.72. The number of pyridine rings is 2. The fourth-order valence-electron chi connectivity index (χ4n) is 3.41. The minimum Gasteiger partial charge on any atom is -0.306 e. The van der Waals surface area contributed by atoms with Crippen LogP contribution in [0.2, 0.25) is 0 Å². The van der Waals surface area contributed by atoms with E-state index in [9.17, 15) is 0 Å². The molecule has 0 radical (unpaired) electrons. The Kier molecular flexibility index (Phi) is 3.79. The first-order valence-corrected chi connectivity index (χ1v) is 8.26. The number of rotatable bonds is 3. The van der Waals surface area contributed by atoms with Crippen LogP contribution in [0.25, 0.3) is 22.7 Å². The maximum atomic E-state index is 4.79. The molecule has 1 fully saturated rings. The molecule has 5 nitrogen and oxygen atoms in total. The molecule has 1 atom stereocenters. The second kappa shape index (κ2) is 6.08. The predicted octanol–water partition coefficient (Wildman–Crippen LogP) is 2.98. The van der Waals surface area contributed by atoms with E-state index >= 15 is 0 Å². The van der Waals surface area contributed by atoms with Crippen LogP contribution in [-0.4, -0.2) is 44.1 Å². The maximum absolute atomic E-state index is 4.79. The zero-order valence-electron chi connectivity index (χ0n) is 13.4. The Hall–Kier alpha value is -2.27. The highest BCUT2D eigenvalue weighted by Crippen LogP contribution is 2.25. The molecule has 23 heavy (non-hydrogen) atoms. The quantitative estimate of drug-likeness (QED) is 0.746. The lowest BCUT2D eigenvalue weighted by Crippen LogP contribution is -2.39. The fourth-order valence-corrected chi connectivity index (χ4v) is 3.41. The average molecular weight is 307 g/mol. The van der Waals surface area contributed by atoms with Gasteiger partial charge in [-0.1, -0.05) is 12.5 Å². The number of fused-ring (bicyclic) bond motifs is 1. The topological polar surface area (TPSA) is 46.8 Å². The Balaban J connectivity index is 1.80. The van der Waals surface area contributed by atoms with Gasteiger partial charge in [0.05, 0.1) is 0 Å². The second-order valence-corrected chi connectivity index (χ2v) is 6.24. The van der Waals surface area contributed by atoms with Crippen LogP contribution in [0.15, 0.2) is 42.7 Å². The summed E-state index contributed by atoms with van der Waals surface area (Å²) in [6, 6.07) is 10.5. The molecule has 3 aromatic rings. The number of aromatic nitrogens is 4. The van der Waals surface area contributed by atoms with Gasteiger partial charge in [-0.25, -0.2) is 9.97 Å². The molecule has 0 N–H and O–H groups in total. The molecule has 0 aromatic carbocycles. The lowest BCUT2D eigenvalue weighted by atomic mass is 10.0. The van der Waals surface area contributed by atoms with E-state index in [4.69, 9.17) is 4.98 Å². The van der Waals surface area contributed by atoms with Crippen LogP contribution in [0.5, 0.6) is 0 Å². The summed E-state index contributed by atoms with van der Waals surface area (Å²) in [5, 5.41) is 0. The van der Waals surface area contributed by atoms with Gasteiger partial charge in [-0.05, 0) is 50.7 Å². The van der Waals surface area contributed by atoms with E-state index in [1.807, 2.05) is 42.7 Å². The van der Waals surface area contributed by atoms with Crippen LogP contribution in [-0.2, 0) is 6.54 Å². The van der Waals surface area contributed by atoms with E-state index < -0.39 is 0 Å². The third-order valence-electron chi connectivity index (χ3n) is 4.71. The maximum Gasteiger partial charge on any atom is 0.161 e. The normalized spacial score (nSPS) is 19.3. The molecule has 1 saturated heterocycles. The Labute approximate surface area is 136 Å². The lowest BCUT2D eigenvalue weighted by molar-refractivity contribution is 0.169. The summed E-state index contributed by atoms with van der Waals surface area (Å²) in [6.07, 6.45) is 7.48. The average Bonchev–Trinajstić information content (AvgIpc) is 2.96. The van der Waals surface area contributed by atoms with Gasteiger partial charge in [-0.15, -0.1) is 0 Å². The van der Waals surface area contributed by atoms with Gasteiger partial charge in [0.15, 0.2) is 11.5 Å². The van der Waals surface area contributed by atoms with E-state index in [0.29, 0.717) is 6.04 Å². The molecule has 0 saturated carbocycles. The molecule has 1 unspecified atom stereocenters. The highest BCUT2D eigenvalue weighted by Gasteiger charge is 2.23. The van der Waals surface area contributed by atoms with Crippen molar-refractivity contribution >= 4 is 11.2 Å². The molecule has 4 rings (SSSR count). The van der Waals surface area contributed by atoms with Gasteiger partial charge in [0, 0.05) is 25.0 Å². The van der Waals surface area contributed by atoms with Gasteiger partial charge in [0.25, 0.3) is 0 Å². The van der Waals surface area contributed by atoms with Crippen molar-refractivity contribution in [1.29, 1.82) is 0 Å². The zero-order chi connectivity index (χ0) is 15.6. The van der Waals surface area contributed by atoms with Crippen molar-refractivity contribution in [2.24, 2.45) is 0 Å². The predicted molar refractivity (Wildman–Crippen MR) is 91.0 cm³/mol. The van der Waals surface area contributed by atoms with E-state index in [-0.39, 0.29) is 0 Å². The number of nitrogens with zero attached hydrogens (tertiary/aromatic N) is 5. The molecule has 0 bridgehead atoms. The zero-order valence-corrected chi connectivity index (χ0v) is 13.4. The van der Waals surface area contributed by atoms with Crippen molar-refractivity contribution in [3.63, 3.8) is 0 Å². The Morgan fingerprint density at radius 2 is 2.00 bits per heavy atom. The fraction of sp³-hybridized carbons (Fsp3) is 0.389. The van der Waals surface area contributed by atoms with Gasteiger partial charge in [-0.2, -0.15) is 0 Å².